The molecule has 1 aliphatic heterocycles. The number of hydrogen-bond acceptors (Lipinski definition) is 4. The fourth-order valence-electron chi connectivity index (χ4n) is 3.44. The molecule has 1 aromatic carbocycles. The second-order valence-corrected chi connectivity index (χ2v) is 7.25. The van der Waals surface area contributed by atoms with Gasteiger partial charge in [-0.2, -0.15) is 0 Å². The number of benzene rings is 1. The summed E-state index contributed by atoms with van der Waals surface area (Å²) in [6, 6.07) is 10.2. The van der Waals surface area contributed by atoms with Gasteiger partial charge >= 0.3 is 6.03 Å². The van der Waals surface area contributed by atoms with Gasteiger partial charge in [0, 0.05) is 37.8 Å². The van der Waals surface area contributed by atoms with Crippen molar-refractivity contribution in [2.24, 2.45) is 0 Å². The van der Waals surface area contributed by atoms with E-state index in [0.29, 0.717) is 12.6 Å². The van der Waals surface area contributed by atoms with Crippen LogP contribution in [-0.4, -0.2) is 79.1 Å². The summed E-state index contributed by atoms with van der Waals surface area (Å²) in [7, 11) is 6.18. The van der Waals surface area contributed by atoms with Gasteiger partial charge in [-0.15, -0.1) is 0 Å². The van der Waals surface area contributed by atoms with Crippen LogP contribution in [0.2, 0.25) is 0 Å². The summed E-state index contributed by atoms with van der Waals surface area (Å²) in [6.45, 7) is 3.89. The number of para-hydroxylation sites is 1. The summed E-state index contributed by atoms with van der Waals surface area (Å²) in [5.41, 5.74) is 1.57. The standard InChI is InChI=1S/C20H29N5O/c1-23-12-9-17(10-13-23)24(2)14-15-25(3)20(26)22-18-8-4-6-16-7-5-11-21-19(16)18/h4-8,11,17H,9-10,12-15H2,1-3H3,(H,22,26). The minimum atomic E-state index is -0.0973. The van der Waals surface area contributed by atoms with E-state index in [4.69, 9.17) is 0 Å². The summed E-state index contributed by atoms with van der Waals surface area (Å²) >= 11 is 0. The lowest BCUT2D eigenvalue weighted by molar-refractivity contribution is 0.136. The van der Waals surface area contributed by atoms with Crippen LogP contribution in [0.1, 0.15) is 12.8 Å². The van der Waals surface area contributed by atoms with E-state index in [0.717, 1.165) is 36.2 Å². The van der Waals surface area contributed by atoms with E-state index in [1.165, 1.54) is 12.8 Å². The molecule has 6 heteroatoms. The fourth-order valence-corrected chi connectivity index (χ4v) is 3.44. The molecule has 6 nitrogen and oxygen atoms in total. The number of likely N-dealkylation sites (tertiary alicyclic amines) is 1. The van der Waals surface area contributed by atoms with Gasteiger partial charge in [0.05, 0.1) is 11.2 Å². The number of aromatic nitrogens is 1. The van der Waals surface area contributed by atoms with Crippen LogP contribution in [0, 0.1) is 0 Å². The Morgan fingerprint density at radius 1 is 1.19 bits per heavy atom. The van der Waals surface area contributed by atoms with Crippen molar-refractivity contribution < 1.29 is 4.79 Å². The molecular formula is C20H29N5O. The number of nitrogens with zero attached hydrogens (tertiary/aromatic N) is 4. The lowest BCUT2D eigenvalue weighted by Gasteiger charge is -2.35. The van der Waals surface area contributed by atoms with Crippen LogP contribution in [0.25, 0.3) is 10.9 Å². The molecule has 1 saturated heterocycles. The molecule has 2 aromatic rings. The van der Waals surface area contributed by atoms with Gasteiger partial charge in [0.15, 0.2) is 0 Å². The van der Waals surface area contributed by atoms with Crippen LogP contribution >= 0.6 is 0 Å². The predicted molar refractivity (Wildman–Crippen MR) is 107 cm³/mol. The van der Waals surface area contributed by atoms with Crippen molar-refractivity contribution in [2.45, 2.75) is 18.9 Å². The number of carbonyl (C=O) groups excluding carboxylic acids is 1. The largest absolute Gasteiger partial charge is 0.326 e. The van der Waals surface area contributed by atoms with Gasteiger partial charge in [-0.25, -0.2) is 4.79 Å². The fraction of sp³-hybridized carbons (Fsp3) is 0.500. The second-order valence-electron chi connectivity index (χ2n) is 7.25. The van der Waals surface area contributed by atoms with Gasteiger partial charge in [0.1, 0.15) is 0 Å². The molecule has 0 aliphatic carbocycles. The molecule has 1 aromatic heterocycles. The van der Waals surface area contributed by atoms with Crippen LogP contribution in [0.4, 0.5) is 10.5 Å². The normalized spacial score (nSPS) is 16.2. The van der Waals surface area contributed by atoms with Gasteiger partial charge in [-0.1, -0.05) is 18.2 Å². The maximum Gasteiger partial charge on any atom is 0.321 e. The van der Waals surface area contributed by atoms with Crippen LogP contribution < -0.4 is 5.32 Å². The lowest BCUT2D eigenvalue weighted by atomic mass is 10.0. The molecule has 26 heavy (non-hydrogen) atoms. The van der Waals surface area contributed by atoms with Crippen molar-refractivity contribution in [3.8, 4) is 0 Å². The van der Waals surface area contributed by atoms with E-state index >= 15 is 0 Å². The zero-order valence-corrected chi connectivity index (χ0v) is 16.0. The number of carbonyl (C=O) groups is 1. The summed E-state index contributed by atoms with van der Waals surface area (Å²) in [5, 5.41) is 4.02. The molecule has 1 N–H and O–H groups in total. The zero-order chi connectivity index (χ0) is 18.5. The average Bonchev–Trinajstić information content (AvgIpc) is 2.66. The van der Waals surface area contributed by atoms with Gasteiger partial charge in [0.25, 0.3) is 0 Å². The maximum absolute atomic E-state index is 12.5. The number of piperidine rings is 1. The highest BCUT2D eigenvalue weighted by Gasteiger charge is 2.21. The van der Waals surface area contributed by atoms with Crippen LogP contribution in [0.15, 0.2) is 36.5 Å². The Morgan fingerprint density at radius 2 is 1.92 bits per heavy atom. The quantitative estimate of drug-likeness (QED) is 0.896. The summed E-state index contributed by atoms with van der Waals surface area (Å²) < 4.78 is 0. The highest BCUT2D eigenvalue weighted by Crippen LogP contribution is 2.21. The van der Waals surface area contributed by atoms with E-state index in [1.807, 2.05) is 37.4 Å². The Morgan fingerprint density at radius 3 is 2.69 bits per heavy atom. The Bertz CT molecular complexity index is 737. The van der Waals surface area contributed by atoms with Crippen LogP contribution in [-0.2, 0) is 0 Å². The van der Waals surface area contributed by atoms with Crippen LogP contribution in [0.3, 0.4) is 0 Å². The smallest absolute Gasteiger partial charge is 0.321 e. The monoisotopic (exact) mass is 355 g/mol. The van der Waals surface area contributed by atoms with Gasteiger partial charge in [-0.3, -0.25) is 4.98 Å². The number of amides is 2. The summed E-state index contributed by atoms with van der Waals surface area (Å²) in [6.07, 6.45) is 4.15. The minimum Gasteiger partial charge on any atom is -0.326 e. The molecule has 0 bridgehead atoms. The van der Waals surface area contributed by atoms with Crippen molar-refractivity contribution in [3.05, 3.63) is 36.5 Å². The van der Waals surface area contributed by atoms with Gasteiger partial charge in [0.2, 0.25) is 0 Å². The highest BCUT2D eigenvalue weighted by molar-refractivity contribution is 5.99. The third-order valence-electron chi connectivity index (χ3n) is 5.32. The number of rotatable bonds is 5. The average molecular weight is 355 g/mol. The molecule has 140 valence electrons. The van der Waals surface area contributed by atoms with Crippen LogP contribution in [0.5, 0.6) is 0 Å². The molecule has 2 amide bonds. The first kappa shape index (κ1) is 18.6. The number of nitrogens with one attached hydrogen (secondary N) is 1. The second kappa shape index (κ2) is 8.47. The number of anilines is 1. The number of urea groups is 1. The number of hydrogen-bond donors (Lipinski definition) is 1. The predicted octanol–water partition coefficient (Wildman–Crippen LogP) is 2.72. The Hall–Kier alpha value is -2.18. The molecule has 0 saturated carbocycles. The Kier molecular flexibility index (Phi) is 6.06. The van der Waals surface area contributed by atoms with Crippen molar-refractivity contribution >= 4 is 22.6 Å². The Balaban J connectivity index is 1.53. The SMILES string of the molecule is CN1CCC(N(C)CCN(C)C(=O)Nc2cccc3cccnc23)CC1. The molecular weight excluding hydrogens is 326 g/mol. The van der Waals surface area contributed by atoms with Gasteiger partial charge < -0.3 is 20.0 Å². The first-order valence-corrected chi connectivity index (χ1v) is 9.29. The number of likely N-dealkylation sites (N-methyl/N-ethyl adjacent to an activating group) is 2. The van der Waals surface area contributed by atoms with Gasteiger partial charge in [-0.05, 0) is 52.2 Å². The minimum absolute atomic E-state index is 0.0973. The van der Waals surface area contributed by atoms with E-state index in [9.17, 15) is 4.79 Å². The van der Waals surface area contributed by atoms with E-state index in [-0.39, 0.29) is 6.03 Å². The molecule has 0 unspecified atom stereocenters. The maximum atomic E-state index is 12.5. The summed E-state index contributed by atoms with van der Waals surface area (Å²) in [4.78, 5) is 23.4. The van der Waals surface area contributed by atoms with E-state index in [2.05, 4.69) is 34.2 Å². The lowest BCUT2D eigenvalue weighted by Crippen LogP contribution is -2.45. The van der Waals surface area contributed by atoms with E-state index < -0.39 is 0 Å². The topological polar surface area (TPSA) is 51.7 Å². The molecule has 3 rings (SSSR count). The van der Waals surface area contributed by atoms with Crippen molar-refractivity contribution in [1.82, 2.24) is 19.7 Å². The van der Waals surface area contributed by atoms with Crippen molar-refractivity contribution in [1.29, 1.82) is 0 Å². The summed E-state index contributed by atoms with van der Waals surface area (Å²) in [5.74, 6) is 0. The third-order valence-corrected chi connectivity index (χ3v) is 5.32. The van der Waals surface area contributed by atoms with E-state index in [1.54, 1.807) is 11.1 Å². The molecule has 0 atom stereocenters. The number of pyridine rings is 1. The number of fused-ring (bicyclic) bond motifs is 1. The first-order valence-electron chi connectivity index (χ1n) is 9.29. The third kappa shape index (κ3) is 4.51. The first-order chi connectivity index (χ1) is 12.5. The highest BCUT2D eigenvalue weighted by atomic mass is 16.2. The van der Waals surface area contributed by atoms with Crippen molar-refractivity contribution in [3.63, 3.8) is 0 Å². The molecule has 0 radical (unpaired) electrons. The zero-order valence-electron chi connectivity index (χ0n) is 16.0. The molecule has 0 spiro atoms. The molecule has 1 fully saturated rings. The molecule has 2 heterocycles. The molecule has 1 aliphatic rings. The Labute approximate surface area is 155 Å². The van der Waals surface area contributed by atoms with Crippen molar-refractivity contribution in [2.75, 3.05) is 52.6 Å².